The van der Waals surface area contributed by atoms with Gasteiger partial charge in [-0.25, -0.2) is 9.18 Å². The van der Waals surface area contributed by atoms with Crippen molar-refractivity contribution in [2.75, 3.05) is 25.0 Å². The number of hydrogen-bond donors (Lipinski definition) is 1. The number of ether oxygens (including phenoxy) is 1. The molecule has 1 aromatic heterocycles. The number of anilines is 1. The summed E-state index contributed by atoms with van der Waals surface area (Å²) < 4.78 is 26.6. The molecule has 2 atom stereocenters. The standard InChI is InChI=1S/C30H36FN4O3/c31-24-12-7-13-25(18-24)32-28(22-8-3-1-4-9-22)30(36)37-26-19-35(16-14-21(26)15-17-35)20-27-33-29(38-34-27)23-10-5-2-6-11-23/h1,3-4,7-9,12-13,18,21,23,26,28,32H,2,5-6,10-11,14-17,19-20H2/q+1/t21?,26-,28?,35?/m0/s1. The lowest BCUT2D eigenvalue weighted by atomic mass is 9.83. The molecule has 0 amide bonds. The van der Waals surface area contributed by atoms with Gasteiger partial charge in [0.2, 0.25) is 11.7 Å². The van der Waals surface area contributed by atoms with Crippen LogP contribution >= 0.6 is 0 Å². The summed E-state index contributed by atoms with van der Waals surface area (Å²) in [4.78, 5) is 18.4. The SMILES string of the molecule is O=C(O[C@H]1C[N+]2(Cc3noc(C4CCCCC4)n3)CCC1CC2)C(Nc1cccc(F)c1)c1ccccc1. The Morgan fingerprint density at radius 1 is 1.05 bits per heavy atom. The number of aromatic nitrogens is 2. The van der Waals surface area contributed by atoms with Crippen LogP contribution in [-0.4, -0.2) is 46.3 Å². The molecule has 0 spiro atoms. The van der Waals surface area contributed by atoms with Crippen LogP contribution < -0.4 is 5.32 Å². The third kappa shape index (κ3) is 5.46. The Morgan fingerprint density at radius 2 is 1.84 bits per heavy atom. The summed E-state index contributed by atoms with van der Waals surface area (Å²) in [5, 5.41) is 7.55. The van der Waals surface area contributed by atoms with E-state index in [4.69, 9.17) is 14.2 Å². The average Bonchev–Trinajstić information content (AvgIpc) is 3.41. The first-order valence-electron chi connectivity index (χ1n) is 14.0. The molecule has 8 heteroatoms. The van der Waals surface area contributed by atoms with E-state index in [2.05, 4.69) is 10.5 Å². The molecule has 2 aromatic carbocycles. The van der Waals surface area contributed by atoms with Crippen LogP contribution in [0.15, 0.2) is 59.1 Å². The summed E-state index contributed by atoms with van der Waals surface area (Å²) in [5.74, 6) is 1.62. The van der Waals surface area contributed by atoms with Crippen molar-refractivity contribution in [2.24, 2.45) is 5.92 Å². The lowest BCUT2D eigenvalue weighted by Gasteiger charge is -2.51. The molecule has 4 fully saturated rings. The number of benzene rings is 2. The van der Waals surface area contributed by atoms with E-state index in [1.54, 1.807) is 12.1 Å². The highest BCUT2D eigenvalue weighted by Gasteiger charge is 2.49. The van der Waals surface area contributed by atoms with Crippen molar-refractivity contribution >= 4 is 11.7 Å². The Balaban J connectivity index is 1.15. The summed E-state index contributed by atoms with van der Waals surface area (Å²) in [7, 11) is 0. The van der Waals surface area contributed by atoms with E-state index in [1.807, 2.05) is 30.3 Å². The molecule has 1 unspecified atom stereocenters. The van der Waals surface area contributed by atoms with Crippen LogP contribution in [0.5, 0.6) is 0 Å². The van der Waals surface area contributed by atoms with E-state index in [0.29, 0.717) is 24.1 Å². The summed E-state index contributed by atoms with van der Waals surface area (Å²) >= 11 is 0. The summed E-state index contributed by atoms with van der Waals surface area (Å²) in [6.07, 6.45) is 7.87. The normalized spacial score (nSPS) is 26.1. The number of hydrogen-bond acceptors (Lipinski definition) is 6. The molecule has 1 saturated carbocycles. The highest BCUT2D eigenvalue weighted by atomic mass is 19.1. The Morgan fingerprint density at radius 3 is 2.61 bits per heavy atom. The lowest BCUT2D eigenvalue weighted by molar-refractivity contribution is -0.958. The van der Waals surface area contributed by atoms with E-state index >= 15 is 0 Å². The fourth-order valence-corrected chi connectivity index (χ4v) is 6.61. The van der Waals surface area contributed by atoms with Gasteiger partial charge in [0, 0.05) is 30.4 Å². The minimum absolute atomic E-state index is 0.171. The smallest absolute Gasteiger partial charge is 0.333 e. The number of quaternary nitrogens is 1. The minimum atomic E-state index is -0.725. The van der Waals surface area contributed by atoms with Crippen molar-refractivity contribution in [1.82, 2.24) is 10.1 Å². The third-order valence-electron chi connectivity index (χ3n) is 8.73. The van der Waals surface area contributed by atoms with Crippen molar-refractivity contribution in [3.63, 3.8) is 0 Å². The van der Waals surface area contributed by atoms with Gasteiger partial charge in [0.1, 0.15) is 18.9 Å². The maximum Gasteiger partial charge on any atom is 0.333 e. The topological polar surface area (TPSA) is 77.2 Å². The monoisotopic (exact) mass is 519 g/mol. The van der Waals surface area contributed by atoms with Gasteiger partial charge >= 0.3 is 5.97 Å². The molecule has 3 saturated heterocycles. The van der Waals surface area contributed by atoms with Crippen molar-refractivity contribution in [2.45, 2.75) is 69.6 Å². The van der Waals surface area contributed by atoms with Crippen LogP contribution in [-0.2, 0) is 16.1 Å². The second-order valence-corrected chi connectivity index (χ2v) is 11.3. The molecule has 3 aliphatic heterocycles. The number of halogens is 1. The number of nitrogens with one attached hydrogen (secondary N) is 1. The molecule has 0 radical (unpaired) electrons. The van der Waals surface area contributed by atoms with Crippen molar-refractivity contribution < 1.29 is 22.9 Å². The molecular formula is C30H36FN4O3+. The fourth-order valence-electron chi connectivity index (χ4n) is 6.61. The number of carbonyl (C=O) groups excluding carboxylic acids is 1. The first-order valence-corrected chi connectivity index (χ1v) is 14.0. The molecule has 7 nitrogen and oxygen atoms in total. The Labute approximate surface area is 223 Å². The van der Waals surface area contributed by atoms with Crippen LogP contribution in [0, 0.1) is 11.7 Å². The van der Waals surface area contributed by atoms with E-state index in [9.17, 15) is 9.18 Å². The second-order valence-electron chi connectivity index (χ2n) is 11.3. The molecule has 4 heterocycles. The molecule has 200 valence electrons. The first kappa shape index (κ1) is 25.0. The highest BCUT2D eigenvalue weighted by molar-refractivity contribution is 5.81. The average molecular weight is 520 g/mol. The predicted molar refractivity (Wildman–Crippen MR) is 140 cm³/mol. The van der Waals surface area contributed by atoms with Crippen LogP contribution in [0.2, 0.25) is 0 Å². The lowest BCUT2D eigenvalue weighted by Crippen LogP contribution is -2.64. The zero-order valence-electron chi connectivity index (χ0n) is 21.7. The molecule has 38 heavy (non-hydrogen) atoms. The van der Waals surface area contributed by atoms with Gasteiger partial charge in [-0.1, -0.05) is 60.8 Å². The number of rotatable bonds is 8. The maximum absolute atomic E-state index is 13.8. The van der Waals surface area contributed by atoms with E-state index in [-0.39, 0.29) is 17.9 Å². The van der Waals surface area contributed by atoms with E-state index < -0.39 is 6.04 Å². The van der Waals surface area contributed by atoms with Gasteiger partial charge in [-0.3, -0.25) is 0 Å². The number of esters is 1. The van der Waals surface area contributed by atoms with Gasteiger partial charge < -0.3 is 19.1 Å². The molecule has 7 rings (SSSR count). The van der Waals surface area contributed by atoms with Gasteiger partial charge in [0.05, 0.1) is 13.1 Å². The van der Waals surface area contributed by atoms with Crippen molar-refractivity contribution in [3.8, 4) is 0 Å². The van der Waals surface area contributed by atoms with Crippen LogP contribution in [0.3, 0.4) is 0 Å². The van der Waals surface area contributed by atoms with Crippen LogP contribution in [0.4, 0.5) is 10.1 Å². The maximum atomic E-state index is 13.8. The summed E-state index contributed by atoms with van der Waals surface area (Å²) in [6.45, 7) is 3.54. The fraction of sp³-hybridized carbons (Fsp3) is 0.500. The predicted octanol–water partition coefficient (Wildman–Crippen LogP) is 5.76. The quantitative estimate of drug-likeness (QED) is 0.301. The van der Waals surface area contributed by atoms with Gasteiger partial charge in [-0.2, -0.15) is 4.98 Å². The Hall–Kier alpha value is -3.26. The van der Waals surface area contributed by atoms with Gasteiger partial charge in [0.25, 0.3) is 0 Å². The van der Waals surface area contributed by atoms with E-state index in [1.165, 1.54) is 31.4 Å². The molecule has 4 aliphatic rings. The molecular weight excluding hydrogens is 483 g/mol. The number of piperidine rings is 3. The first-order chi connectivity index (χ1) is 18.6. The molecule has 1 N–H and O–H groups in total. The number of carbonyl (C=O) groups is 1. The molecule has 3 aromatic rings. The van der Waals surface area contributed by atoms with E-state index in [0.717, 1.165) is 67.1 Å². The molecule has 1 aliphatic carbocycles. The Bertz CT molecular complexity index is 1240. The largest absolute Gasteiger partial charge is 0.454 e. The second kappa shape index (κ2) is 10.8. The number of fused-ring (bicyclic) bond motifs is 3. The zero-order chi connectivity index (χ0) is 26.0. The Kier molecular flexibility index (Phi) is 7.15. The van der Waals surface area contributed by atoms with Crippen LogP contribution in [0.1, 0.15) is 74.2 Å². The summed E-state index contributed by atoms with van der Waals surface area (Å²) in [6, 6.07) is 14.9. The van der Waals surface area contributed by atoms with Crippen molar-refractivity contribution in [3.05, 3.63) is 77.7 Å². The summed E-state index contributed by atoms with van der Waals surface area (Å²) in [5.41, 5.74) is 1.33. The van der Waals surface area contributed by atoms with Crippen molar-refractivity contribution in [1.29, 1.82) is 0 Å². The van der Waals surface area contributed by atoms with Gasteiger partial charge in [0.15, 0.2) is 12.1 Å². The number of nitrogens with zero attached hydrogens (tertiary/aromatic N) is 3. The minimum Gasteiger partial charge on any atom is -0.454 e. The van der Waals surface area contributed by atoms with Gasteiger partial charge in [-0.15, -0.1) is 0 Å². The van der Waals surface area contributed by atoms with Crippen LogP contribution in [0.25, 0.3) is 0 Å². The zero-order valence-corrected chi connectivity index (χ0v) is 21.7. The van der Waals surface area contributed by atoms with Gasteiger partial charge in [-0.05, 0) is 36.6 Å². The highest BCUT2D eigenvalue weighted by Crippen LogP contribution is 2.38. The molecule has 2 bridgehead atoms. The third-order valence-corrected chi connectivity index (χ3v) is 8.73.